The number of hydrogen-bond donors (Lipinski definition) is 3. The Morgan fingerprint density at radius 3 is 2.75 bits per heavy atom. The molecule has 1 fully saturated rings. The van der Waals surface area contributed by atoms with E-state index >= 15 is 0 Å². The lowest BCUT2D eigenvalue weighted by molar-refractivity contribution is -0.525. The molecular weight excluding hydrogens is 370 g/mol. The number of guanidine groups is 1. The number of amides is 2. The van der Waals surface area contributed by atoms with Crippen molar-refractivity contribution in [2.75, 3.05) is 13.1 Å². The first kappa shape index (κ1) is 22.9. The van der Waals surface area contributed by atoms with Gasteiger partial charge in [0.1, 0.15) is 17.7 Å². The van der Waals surface area contributed by atoms with Crippen LogP contribution in [-0.4, -0.2) is 58.7 Å². The largest absolute Gasteiger partial charge is 0.444 e. The number of nitro groups is 1. The molecule has 28 heavy (non-hydrogen) atoms. The summed E-state index contributed by atoms with van der Waals surface area (Å²) in [6.45, 7) is 5.68. The van der Waals surface area contributed by atoms with Gasteiger partial charge in [0.2, 0.25) is 5.91 Å². The van der Waals surface area contributed by atoms with Crippen LogP contribution >= 0.6 is 0 Å². The van der Waals surface area contributed by atoms with Gasteiger partial charge in [0, 0.05) is 13.1 Å². The minimum absolute atomic E-state index is 0.119. The maximum atomic E-state index is 12.8. The van der Waals surface area contributed by atoms with Crippen LogP contribution in [0.15, 0.2) is 4.99 Å². The van der Waals surface area contributed by atoms with Gasteiger partial charge in [0.25, 0.3) is 5.96 Å². The van der Waals surface area contributed by atoms with E-state index < -0.39 is 28.8 Å². The average molecular weight is 397 g/mol. The summed E-state index contributed by atoms with van der Waals surface area (Å²) in [6.07, 6.45) is 1.11. The summed E-state index contributed by atoms with van der Waals surface area (Å²) >= 11 is 0. The Morgan fingerprint density at radius 1 is 1.50 bits per heavy atom. The predicted molar refractivity (Wildman–Crippen MR) is 99.4 cm³/mol. The number of alkyl carbamates (subject to hydrolysis) is 1. The summed E-state index contributed by atoms with van der Waals surface area (Å²) in [6, 6.07) is 0.673. The summed E-state index contributed by atoms with van der Waals surface area (Å²) < 4.78 is 5.20. The molecular formula is C16H27N7O5. The lowest BCUT2D eigenvalue weighted by Crippen LogP contribution is -2.50. The zero-order chi connectivity index (χ0) is 21.3. The van der Waals surface area contributed by atoms with Gasteiger partial charge >= 0.3 is 6.09 Å². The third kappa shape index (κ3) is 8.07. The number of aliphatic imine (C=N–C) groups is 1. The van der Waals surface area contributed by atoms with E-state index in [9.17, 15) is 25.0 Å². The van der Waals surface area contributed by atoms with Gasteiger partial charge in [0.15, 0.2) is 5.03 Å². The molecule has 0 saturated carbocycles. The first-order valence-corrected chi connectivity index (χ1v) is 8.94. The van der Waals surface area contributed by atoms with Crippen molar-refractivity contribution in [3.63, 3.8) is 0 Å². The fourth-order valence-electron chi connectivity index (χ4n) is 2.70. The lowest BCUT2D eigenvalue weighted by atomic mass is 10.1. The van der Waals surface area contributed by atoms with Crippen LogP contribution in [-0.2, 0) is 9.53 Å². The van der Waals surface area contributed by atoms with Gasteiger partial charge < -0.3 is 20.7 Å². The molecule has 1 heterocycles. The van der Waals surface area contributed by atoms with E-state index in [-0.39, 0.29) is 24.8 Å². The van der Waals surface area contributed by atoms with E-state index in [2.05, 4.69) is 16.4 Å². The maximum Gasteiger partial charge on any atom is 0.408 e. The molecule has 0 radical (unpaired) electrons. The molecule has 0 aromatic carbocycles. The fraction of sp³-hybridized carbons (Fsp3) is 0.750. The number of hydrogen-bond acceptors (Lipinski definition) is 7. The second-order valence-electron chi connectivity index (χ2n) is 7.30. The number of nitriles is 1. The van der Waals surface area contributed by atoms with E-state index in [4.69, 9.17) is 10.5 Å². The lowest BCUT2D eigenvalue weighted by Gasteiger charge is -2.27. The van der Waals surface area contributed by atoms with Crippen molar-refractivity contribution in [3.05, 3.63) is 10.1 Å². The van der Waals surface area contributed by atoms with Gasteiger partial charge in [-0.2, -0.15) is 5.26 Å². The Morgan fingerprint density at radius 2 is 2.18 bits per heavy atom. The molecule has 0 unspecified atom stereocenters. The highest BCUT2D eigenvalue weighted by Gasteiger charge is 2.34. The van der Waals surface area contributed by atoms with Crippen LogP contribution in [0.1, 0.15) is 46.5 Å². The number of nitrogens with one attached hydrogen (secondary N) is 2. The molecule has 4 N–H and O–H groups in total. The quantitative estimate of drug-likeness (QED) is 0.180. The fourth-order valence-corrected chi connectivity index (χ4v) is 2.70. The van der Waals surface area contributed by atoms with E-state index in [1.54, 1.807) is 26.2 Å². The molecule has 0 aliphatic carbocycles. The van der Waals surface area contributed by atoms with Gasteiger partial charge in [0.05, 0.1) is 6.07 Å². The predicted octanol–water partition coefficient (Wildman–Crippen LogP) is 0.270. The summed E-state index contributed by atoms with van der Waals surface area (Å²) in [5, 5.41) is 21.2. The summed E-state index contributed by atoms with van der Waals surface area (Å²) in [5.74, 6) is -0.715. The topological polar surface area (TPSA) is 176 Å². The van der Waals surface area contributed by atoms with Gasteiger partial charge in [-0.15, -0.1) is 0 Å². The number of nitrogens with two attached hydrogens (primary N) is 1. The van der Waals surface area contributed by atoms with Crippen molar-refractivity contribution in [3.8, 4) is 6.07 Å². The van der Waals surface area contributed by atoms with Crippen LogP contribution in [0.5, 0.6) is 0 Å². The van der Waals surface area contributed by atoms with Crippen LogP contribution in [0, 0.1) is 21.4 Å². The second kappa shape index (κ2) is 10.3. The van der Waals surface area contributed by atoms with Gasteiger partial charge in [-0.25, -0.2) is 19.9 Å². The molecule has 0 bridgehead atoms. The highest BCUT2D eigenvalue weighted by Crippen LogP contribution is 2.19. The highest BCUT2D eigenvalue weighted by atomic mass is 16.7. The number of nitrogens with zero attached hydrogens (tertiary/aromatic N) is 4. The van der Waals surface area contributed by atoms with Crippen LogP contribution < -0.4 is 16.5 Å². The Bertz CT molecular complexity index is 653. The molecule has 0 aromatic rings. The Kier molecular flexibility index (Phi) is 8.43. The molecule has 1 aliphatic rings. The molecule has 12 heteroatoms. The molecule has 0 spiro atoms. The number of carbonyl (C=O) groups is 2. The molecule has 2 atom stereocenters. The SMILES string of the molecule is CC(C)(C)OC(=O)N[C@@H](CCCN=C(N)N[N+](=O)[O-])C(=O)N1CCC[C@H]1C#N. The Balaban J connectivity index is 2.75. The van der Waals surface area contributed by atoms with Crippen LogP contribution in [0.2, 0.25) is 0 Å². The standard InChI is InChI=1S/C16H27N7O5/c1-16(2,3)28-15(25)20-12(7-4-8-19-14(18)21-23(26)27)13(24)22-9-5-6-11(22)10-17/h11-12H,4-9H2,1-3H3,(H,20,25)(H3,18,19,21)/t11-,12-/m0/s1. The van der Waals surface area contributed by atoms with Crippen molar-refractivity contribution >= 4 is 18.0 Å². The number of likely N-dealkylation sites (tertiary alicyclic amines) is 1. The van der Waals surface area contributed by atoms with Crippen molar-refractivity contribution in [1.29, 1.82) is 5.26 Å². The third-order valence-electron chi connectivity index (χ3n) is 3.81. The Labute approximate surface area is 163 Å². The summed E-state index contributed by atoms with van der Waals surface area (Å²) in [7, 11) is 0. The van der Waals surface area contributed by atoms with Crippen molar-refractivity contribution in [2.45, 2.75) is 64.1 Å². The first-order valence-electron chi connectivity index (χ1n) is 8.94. The van der Waals surface area contributed by atoms with Crippen LogP contribution in [0.3, 0.4) is 0 Å². The highest BCUT2D eigenvalue weighted by molar-refractivity contribution is 5.86. The number of rotatable bonds is 7. The van der Waals surface area contributed by atoms with E-state index in [0.717, 1.165) is 6.42 Å². The van der Waals surface area contributed by atoms with E-state index in [0.29, 0.717) is 19.4 Å². The normalized spacial score (nSPS) is 18.1. The number of carbonyl (C=O) groups excluding carboxylic acids is 2. The first-order chi connectivity index (χ1) is 13.0. The average Bonchev–Trinajstić information content (AvgIpc) is 3.03. The summed E-state index contributed by atoms with van der Waals surface area (Å²) in [5.41, 5.74) is 6.32. The zero-order valence-corrected chi connectivity index (χ0v) is 16.3. The van der Waals surface area contributed by atoms with Gasteiger partial charge in [-0.3, -0.25) is 4.79 Å². The van der Waals surface area contributed by atoms with E-state index in [1.165, 1.54) is 4.90 Å². The van der Waals surface area contributed by atoms with Crippen molar-refractivity contribution in [1.82, 2.24) is 15.6 Å². The summed E-state index contributed by atoms with van der Waals surface area (Å²) in [4.78, 5) is 40.4. The molecule has 0 aromatic heterocycles. The Hall–Kier alpha value is -3.10. The van der Waals surface area contributed by atoms with Gasteiger partial charge in [-0.05, 0) is 46.5 Å². The molecule has 1 saturated heterocycles. The van der Waals surface area contributed by atoms with Crippen LogP contribution in [0.25, 0.3) is 0 Å². The smallest absolute Gasteiger partial charge is 0.408 e. The zero-order valence-electron chi connectivity index (χ0n) is 16.3. The van der Waals surface area contributed by atoms with Crippen molar-refractivity contribution in [2.24, 2.45) is 10.7 Å². The molecule has 156 valence electrons. The second-order valence-corrected chi connectivity index (χ2v) is 7.30. The molecule has 12 nitrogen and oxygen atoms in total. The van der Waals surface area contributed by atoms with Crippen LogP contribution in [0.4, 0.5) is 4.79 Å². The monoisotopic (exact) mass is 397 g/mol. The number of hydrazine groups is 1. The minimum atomic E-state index is -0.899. The molecule has 1 aliphatic heterocycles. The third-order valence-corrected chi connectivity index (χ3v) is 3.81. The maximum absolute atomic E-state index is 12.8. The van der Waals surface area contributed by atoms with E-state index in [1.807, 2.05) is 0 Å². The minimum Gasteiger partial charge on any atom is -0.444 e. The van der Waals surface area contributed by atoms with Gasteiger partial charge in [-0.1, -0.05) is 5.43 Å². The molecule has 2 amide bonds. The van der Waals surface area contributed by atoms with Crippen molar-refractivity contribution < 1.29 is 19.4 Å². The number of ether oxygens (including phenoxy) is 1. The molecule has 1 rings (SSSR count).